The van der Waals surface area contributed by atoms with Gasteiger partial charge in [0, 0.05) is 24.4 Å². The highest BCUT2D eigenvalue weighted by atomic mass is 19.1. The number of fused-ring (bicyclic) bond motifs is 1. The smallest absolute Gasteiger partial charge is 0.217 e. The average molecular weight is 291 g/mol. The highest BCUT2D eigenvalue weighted by molar-refractivity contribution is 5.73. The summed E-state index contributed by atoms with van der Waals surface area (Å²) in [5.41, 5.74) is 0.608. The topological polar surface area (TPSA) is 38.3 Å². The van der Waals surface area contributed by atoms with Crippen LogP contribution in [-0.2, 0) is 9.53 Å². The zero-order valence-corrected chi connectivity index (χ0v) is 12.3. The van der Waals surface area contributed by atoms with Crippen LogP contribution >= 0.6 is 0 Å². The molecule has 1 amide bonds. The van der Waals surface area contributed by atoms with Crippen molar-refractivity contribution >= 4 is 5.91 Å². The maximum Gasteiger partial charge on any atom is 0.217 e. The zero-order valence-electron chi connectivity index (χ0n) is 12.3. The molecule has 1 aliphatic carbocycles. The second-order valence-electron chi connectivity index (χ2n) is 6.18. The zero-order chi connectivity index (χ0) is 14.8. The second-order valence-corrected chi connectivity index (χ2v) is 6.18. The molecule has 4 heteroatoms. The van der Waals surface area contributed by atoms with Gasteiger partial charge in [0.05, 0.1) is 12.2 Å². The molecule has 1 aromatic rings. The fourth-order valence-electron chi connectivity index (χ4n) is 3.79. The van der Waals surface area contributed by atoms with Gasteiger partial charge in [0.1, 0.15) is 5.82 Å². The summed E-state index contributed by atoms with van der Waals surface area (Å²) >= 11 is 0. The molecule has 1 heterocycles. The quantitative estimate of drug-likeness (QED) is 0.907. The van der Waals surface area contributed by atoms with Gasteiger partial charge < -0.3 is 10.1 Å². The third kappa shape index (κ3) is 3.10. The Kier molecular flexibility index (Phi) is 4.24. The number of rotatable bonds is 2. The predicted molar refractivity (Wildman–Crippen MR) is 78.2 cm³/mol. The summed E-state index contributed by atoms with van der Waals surface area (Å²) in [5, 5.41) is 3.06. The van der Waals surface area contributed by atoms with Gasteiger partial charge in [0.15, 0.2) is 0 Å². The Balaban J connectivity index is 1.83. The van der Waals surface area contributed by atoms with Crippen LogP contribution < -0.4 is 5.32 Å². The first-order valence-corrected chi connectivity index (χ1v) is 7.82. The minimum atomic E-state index is -0.262. The van der Waals surface area contributed by atoms with Gasteiger partial charge in [0.25, 0.3) is 0 Å². The van der Waals surface area contributed by atoms with Crippen molar-refractivity contribution in [2.75, 3.05) is 0 Å². The highest BCUT2D eigenvalue weighted by Crippen LogP contribution is 2.41. The standard InChI is InChI=1S/C17H22FNO2/c1-11(20)19-15-10-17(12-6-2-4-8-14(12)18)21-16-9-5-3-7-13(15)16/h2,4,6,8,13,15-17H,3,5,7,9-10H2,1H3,(H,19,20)/t13-,15+,16+,17+/m0/s1. The van der Waals surface area contributed by atoms with Crippen molar-refractivity contribution in [3.63, 3.8) is 0 Å². The molecule has 1 N–H and O–H groups in total. The number of nitrogens with one attached hydrogen (secondary N) is 1. The average Bonchev–Trinajstić information content (AvgIpc) is 2.47. The fraction of sp³-hybridized carbons (Fsp3) is 0.588. The largest absolute Gasteiger partial charge is 0.370 e. The summed E-state index contributed by atoms with van der Waals surface area (Å²) in [6.07, 6.45) is 4.95. The van der Waals surface area contributed by atoms with Crippen LogP contribution in [0.4, 0.5) is 4.39 Å². The van der Waals surface area contributed by atoms with Crippen LogP contribution in [0.15, 0.2) is 24.3 Å². The van der Waals surface area contributed by atoms with E-state index in [-0.39, 0.29) is 30.0 Å². The van der Waals surface area contributed by atoms with Crippen LogP contribution in [-0.4, -0.2) is 18.1 Å². The van der Waals surface area contributed by atoms with Crippen molar-refractivity contribution in [2.45, 2.75) is 57.3 Å². The summed E-state index contributed by atoms with van der Waals surface area (Å²) in [6.45, 7) is 1.55. The van der Waals surface area contributed by atoms with E-state index in [0.29, 0.717) is 17.9 Å². The first-order valence-electron chi connectivity index (χ1n) is 7.82. The van der Waals surface area contributed by atoms with E-state index in [1.54, 1.807) is 19.1 Å². The van der Waals surface area contributed by atoms with Gasteiger partial charge in [-0.1, -0.05) is 31.0 Å². The first kappa shape index (κ1) is 14.5. The Bertz CT molecular complexity index is 519. The summed E-state index contributed by atoms with van der Waals surface area (Å²) < 4.78 is 20.2. The lowest BCUT2D eigenvalue weighted by molar-refractivity contribution is -0.131. The maximum absolute atomic E-state index is 14.0. The molecule has 0 radical (unpaired) electrons. The minimum Gasteiger partial charge on any atom is -0.370 e. The lowest BCUT2D eigenvalue weighted by Gasteiger charge is -2.45. The van der Waals surface area contributed by atoms with Crippen molar-refractivity contribution in [1.82, 2.24) is 5.32 Å². The molecule has 1 aromatic carbocycles. The van der Waals surface area contributed by atoms with Crippen LogP contribution in [0, 0.1) is 11.7 Å². The maximum atomic E-state index is 14.0. The summed E-state index contributed by atoms with van der Waals surface area (Å²) in [6, 6.07) is 6.87. The van der Waals surface area contributed by atoms with E-state index in [2.05, 4.69) is 5.32 Å². The molecule has 0 aromatic heterocycles. The van der Waals surface area contributed by atoms with E-state index >= 15 is 0 Å². The molecule has 21 heavy (non-hydrogen) atoms. The van der Waals surface area contributed by atoms with Crippen LogP contribution in [0.25, 0.3) is 0 Å². The molecule has 114 valence electrons. The van der Waals surface area contributed by atoms with Crippen LogP contribution in [0.5, 0.6) is 0 Å². The second kappa shape index (κ2) is 6.14. The number of carbonyl (C=O) groups is 1. The molecule has 2 aliphatic rings. The van der Waals surface area contributed by atoms with E-state index in [4.69, 9.17) is 4.74 Å². The fourth-order valence-corrected chi connectivity index (χ4v) is 3.79. The Labute approximate surface area is 124 Å². The Hall–Kier alpha value is -1.42. The Morgan fingerprint density at radius 3 is 2.81 bits per heavy atom. The van der Waals surface area contributed by atoms with E-state index in [1.165, 1.54) is 12.5 Å². The van der Waals surface area contributed by atoms with Gasteiger partial charge in [0.2, 0.25) is 5.91 Å². The number of hydrogen-bond acceptors (Lipinski definition) is 2. The molecule has 4 atom stereocenters. The van der Waals surface area contributed by atoms with E-state index < -0.39 is 0 Å². The molecule has 1 saturated carbocycles. The minimum absolute atomic E-state index is 0.0153. The summed E-state index contributed by atoms with van der Waals surface area (Å²) in [7, 11) is 0. The molecule has 2 fully saturated rings. The SMILES string of the molecule is CC(=O)N[C@@H]1C[C@H](c2ccccc2F)O[C@@H]2CCCC[C@@H]12. The third-order valence-electron chi connectivity index (χ3n) is 4.72. The molecule has 0 bridgehead atoms. The van der Waals surface area contributed by atoms with E-state index in [9.17, 15) is 9.18 Å². The van der Waals surface area contributed by atoms with Crippen molar-refractivity contribution in [2.24, 2.45) is 5.92 Å². The van der Waals surface area contributed by atoms with Crippen molar-refractivity contribution in [3.8, 4) is 0 Å². The van der Waals surface area contributed by atoms with Crippen molar-refractivity contribution in [1.29, 1.82) is 0 Å². The van der Waals surface area contributed by atoms with Crippen LogP contribution in [0.3, 0.4) is 0 Å². The number of ether oxygens (including phenoxy) is 1. The normalized spacial score (nSPS) is 32.3. The first-order chi connectivity index (χ1) is 10.1. The molecule has 3 rings (SSSR count). The van der Waals surface area contributed by atoms with Gasteiger partial charge in [-0.05, 0) is 25.3 Å². The van der Waals surface area contributed by atoms with Gasteiger partial charge in [-0.3, -0.25) is 4.79 Å². The van der Waals surface area contributed by atoms with Crippen LogP contribution in [0.2, 0.25) is 0 Å². The molecule has 3 nitrogen and oxygen atoms in total. The molecule has 1 aliphatic heterocycles. The molecular weight excluding hydrogens is 269 g/mol. The van der Waals surface area contributed by atoms with Gasteiger partial charge in [-0.25, -0.2) is 4.39 Å². The summed E-state index contributed by atoms with van der Waals surface area (Å²) in [4.78, 5) is 11.5. The lowest BCUT2D eigenvalue weighted by atomic mass is 9.76. The lowest BCUT2D eigenvalue weighted by Crippen LogP contribution is -2.50. The molecule has 0 unspecified atom stereocenters. The molecular formula is C17H22FNO2. The number of hydrogen-bond donors (Lipinski definition) is 1. The van der Waals surface area contributed by atoms with E-state index in [1.807, 2.05) is 6.07 Å². The number of carbonyl (C=O) groups excluding carboxylic acids is 1. The van der Waals surface area contributed by atoms with Gasteiger partial charge in [-0.2, -0.15) is 0 Å². The molecule has 1 saturated heterocycles. The van der Waals surface area contributed by atoms with Crippen molar-refractivity contribution < 1.29 is 13.9 Å². The van der Waals surface area contributed by atoms with E-state index in [0.717, 1.165) is 19.3 Å². The number of amides is 1. The van der Waals surface area contributed by atoms with Crippen LogP contribution in [0.1, 0.15) is 50.7 Å². The predicted octanol–water partition coefficient (Wildman–Crippen LogP) is 3.35. The Morgan fingerprint density at radius 1 is 1.29 bits per heavy atom. The van der Waals surface area contributed by atoms with Gasteiger partial charge >= 0.3 is 0 Å². The molecule has 0 spiro atoms. The van der Waals surface area contributed by atoms with Gasteiger partial charge in [-0.15, -0.1) is 0 Å². The summed E-state index contributed by atoms with van der Waals surface area (Å²) in [5.74, 6) is 0.127. The van der Waals surface area contributed by atoms with Crippen molar-refractivity contribution in [3.05, 3.63) is 35.6 Å². The number of benzene rings is 1. The third-order valence-corrected chi connectivity index (χ3v) is 4.72. The highest BCUT2D eigenvalue weighted by Gasteiger charge is 2.41. The monoisotopic (exact) mass is 291 g/mol. The Morgan fingerprint density at radius 2 is 2.05 bits per heavy atom. The number of halogens is 1.